The number of carboxylic acid groups (broad SMARTS) is 1. The molecule has 0 saturated carbocycles. The molecule has 0 atom stereocenters. The molecule has 1 aromatic rings. The Morgan fingerprint density at radius 2 is 1.87 bits per heavy atom. The number of furan rings is 1. The third-order valence-corrected chi connectivity index (χ3v) is 6.24. The minimum Gasteiger partial charge on any atom is -0.475 e. The third kappa shape index (κ3) is 3.14. The largest absolute Gasteiger partial charge is 0.475 e. The van der Waals surface area contributed by atoms with Gasteiger partial charge in [-0.05, 0) is 19.8 Å². The number of hydrogen-bond donors (Lipinski definition) is 1. The van der Waals surface area contributed by atoms with Crippen LogP contribution < -0.4 is 0 Å². The first-order chi connectivity index (χ1) is 10.9. The first kappa shape index (κ1) is 16.4. The molecule has 2 fully saturated rings. The van der Waals surface area contributed by atoms with Gasteiger partial charge in [-0.25, -0.2) is 13.2 Å². The fourth-order valence-corrected chi connectivity index (χ4v) is 4.63. The molecule has 0 unspecified atom stereocenters. The molecule has 3 heterocycles. The Morgan fingerprint density at radius 1 is 1.26 bits per heavy atom. The lowest BCUT2D eigenvalue weighted by Gasteiger charge is -2.32. The lowest BCUT2D eigenvalue weighted by Crippen LogP contribution is -2.41. The fourth-order valence-electron chi connectivity index (χ4n) is 3.00. The van der Waals surface area contributed by atoms with Crippen molar-refractivity contribution in [3.8, 4) is 0 Å². The SMILES string of the molecule is Cc1oc(C(=O)O)cc1S(=O)(=O)N1CCC(C2OCCO2)CC1. The van der Waals surface area contributed by atoms with Crippen molar-refractivity contribution in [3.05, 3.63) is 17.6 Å². The van der Waals surface area contributed by atoms with Crippen molar-refractivity contribution in [2.45, 2.75) is 31.0 Å². The van der Waals surface area contributed by atoms with Gasteiger partial charge in [0.05, 0.1) is 13.2 Å². The summed E-state index contributed by atoms with van der Waals surface area (Å²) in [6.07, 6.45) is 1.05. The standard InChI is InChI=1S/C14H19NO7S/c1-9-12(8-11(22-9)13(16)17)23(18,19)15-4-2-10(3-5-15)14-20-6-7-21-14/h8,10,14H,2-7H2,1H3,(H,16,17). The van der Waals surface area contributed by atoms with Crippen LogP contribution in [0.15, 0.2) is 15.4 Å². The topological polar surface area (TPSA) is 106 Å². The smallest absolute Gasteiger partial charge is 0.371 e. The van der Waals surface area contributed by atoms with Gasteiger partial charge in [0.1, 0.15) is 10.7 Å². The number of aromatic carboxylic acids is 1. The van der Waals surface area contributed by atoms with Gasteiger partial charge >= 0.3 is 5.97 Å². The maximum absolute atomic E-state index is 12.7. The van der Waals surface area contributed by atoms with E-state index < -0.39 is 16.0 Å². The van der Waals surface area contributed by atoms with Crippen LogP contribution in [0.2, 0.25) is 0 Å². The molecule has 1 N–H and O–H groups in total. The van der Waals surface area contributed by atoms with Gasteiger partial charge in [0.25, 0.3) is 0 Å². The summed E-state index contributed by atoms with van der Waals surface area (Å²) in [5.41, 5.74) is 0. The van der Waals surface area contributed by atoms with Crippen LogP contribution in [0.25, 0.3) is 0 Å². The van der Waals surface area contributed by atoms with Crippen molar-refractivity contribution in [2.24, 2.45) is 5.92 Å². The van der Waals surface area contributed by atoms with Crippen molar-refractivity contribution in [1.29, 1.82) is 0 Å². The molecule has 0 radical (unpaired) electrons. The van der Waals surface area contributed by atoms with E-state index in [9.17, 15) is 13.2 Å². The Morgan fingerprint density at radius 3 is 2.39 bits per heavy atom. The van der Waals surface area contributed by atoms with Gasteiger partial charge in [0, 0.05) is 25.1 Å². The highest BCUT2D eigenvalue weighted by Crippen LogP contribution is 2.30. The van der Waals surface area contributed by atoms with Crippen LogP contribution in [0.5, 0.6) is 0 Å². The number of rotatable bonds is 4. The maximum Gasteiger partial charge on any atom is 0.371 e. The van der Waals surface area contributed by atoms with E-state index in [2.05, 4.69) is 0 Å². The first-order valence-electron chi connectivity index (χ1n) is 7.46. The van der Waals surface area contributed by atoms with Crippen molar-refractivity contribution < 1.29 is 32.2 Å². The summed E-state index contributed by atoms with van der Waals surface area (Å²) in [6, 6.07) is 1.07. The number of carboxylic acids is 1. The summed E-state index contributed by atoms with van der Waals surface area (Å²) >= 11 is 0. The minimum absolute atomic E-state index is 0.0817. The molecule has 2 aliphatic heterocycles. The Labute approximate surface area is 134 Å². The lowest BCUT2D eigenvalue weighted by molar-refractivity contribution is -0.0938. The number of ether oxygens (including phenoxy) is 2. The van der Waals surface area contributed by atoms with E-state index in [0.717, 1.165) is 6.07 Å². The summed E-state index contributed by atoms with van der Waals surface area (Å²) < 4.78 is 42.7. The monoisotopic (exact) mass is 345 g/mol. The van der Waals surface area contributed by atoms with E-state index in [-0.39, 0.29) is 28.6 Å². The molecular weight excluding hydrogens is 326 g/mol. The van der Waals surface area contributed by atoms with Gasteiger partial charge < -0.3 is 19.0 Å². The third-order valence-electron chi connectivity index (χ3n) is 4.23. The second-order valence-corrected chi connectivity index (χ2v) is 7.59. The van der Waals surface area contributed by atoms with Gasteiger partial charge in [-0.1, -0.05) is 0 Å². The Hall–Kier alpha value is -1.42. The lowest BCUT2D eigenvalue weighted by atomic mass is 9.98. The number of hydrogen-bond acceptors (Lipinski definition) is 6. The summed E-state index contributed by atoms with van der Waals surface area (Å²) in [4.78, 5) is 10.8. The number of sulfonamides is 1. The molecule has 2 aliphatic rings. The molecule has 0 aliphatic carbocycles. The molecule has 2 saturated heterocycles. The average Bonchev–Trinajstić information content (AvgIpc) is 3.17. The summed E-state index contributed by atoms with van der Waals surface area (Å²) in [6.45, 7) is 3.31. The van der Waals surface area contributed by atoms with Crippen LogP contribution in [-0.4, -0.2) is 56.4 Å². The number of nitrogens with zero attached hydrogens (tertiary/aromatic N) is 1. The van der Waals surface area contributed by atoms with Gasteiger partial charge in [-0.3, -0.25) is 0 Å². The molecule has 0 spiro atoms. The second kappa shape index (κ2) is 6.23. The molecule has 3 rings (SSSR count). The van der Waals surface area contributed by atoms with Crippen LogP contribution in [0, 0.1) is 12.8 Å². The molecule has 0 aromatic carbocycles. The average molecular weight is 345 g/mol. The highest BCUT2D eigenvalue weighted by Gasteiger charge is 2.36. The van der Waals surface area contributed by atoms with Crippen LogP contribution in [0.4, 0.5) is 0 Å². The minimum atomic E-state index is -3.76. The van der Waals surface area contributed by atoms with E-state index >= 15 is 0 Å². The van der Waals surface area contributed by atoms with E-state index in [0.29, 0.717) is 39.1 Å². The highest BCUT2D eigenvalue weighted by atomic mass is 32.2. The molecule has 23 heavy (non-hydrogen) atoms. The predicted octanol–water partition coefficient (Wildman–Crippen LogP) is 1.06. The molecule has 1 aromatic heterocycles. The van der Waals surface area contributed by atoms with Gasteiger partial charge in [-0.2, -0.15) is 4.31 Å². The highest BCUT2D eigenvalue weighted by molar-refractivity contribution is 7.89. The number of aryl methyl sites for hydroxylation is 1. The van der Waals surface area contributed by atoms with Gasteiger partial charge in [0.2, 0.25) is 15.8 Å². The summed E-state index contributed by atoms with van der Waals surface area (Å²) in [5, 5.41) is 8.92. The van der Waals surface area contributed by atoms with Crippen molar-refractivity contribution in [3.63, 3.8) is 0 Å². The van der Waals surface area contributed by atoms with Gasteiger partial charge in [-0.15, -0.1) is 0 Å². The Bertz CT molecular complexity index is 682. The van der Waals surface area contributed by atoms with E-state index in [4.69, 9.17) is 19.0 Å². The first-order valence-corrected chi connectivity index (χ1v) is 8.90. The zero-order chi connectivity index (χ0) is 16.6. The number of carbonyl (C=O) groups is 1. The zero-order valence-corrected chi connectivity index (χ0v) is 13.5. The van der Waals surface area contributed by atoms with E-state index in [1.807, 2.05) is 0 Å². The van der Waals surface area contributed by atoms with Crippen LogP contribution in [0.1, 0.15) is 29.2 Å². The summed E-state index contributed by atoms with van der Waals surface area (Å²) in [7, 11) is -3.76. The maximum atomic E-state index is 12.7. The van der Waals surface area contributed by atoms with Gasteiger partial charge in [0.15, 0.2) is 6.29 Å². The Kier molecular flexibility index (Phi) is 4.45. The molecule has 0 amide bonds. The zero-order valence-electron chi connectivity index (χ0n) is 12.7. The molecule has 128 valence electrons. The molecule has 8 nitrogen and oxygen atoms in total. The molecule has 9 heteroatoms. The fraction of sp³-hybridized carbons (Fsp3) is 0.643. The van der Waals surface area contributed by atoms with E-state index in [1.165, 1.54) is 11.2 Å². The quantitative estimate of drug-likeness (QED) is 0.869. The second-order valence-electron chi connectivity index (χ2n) is 5.69. The molecular formula is C14H19NO7S. The Balaban J connectivity index is 1.72. The van der Waals surface area contributed by atoms with E-state index in [1.54, 1.807) is 0 Å². The number of piperidine rings is 1. The van der Waals surface area contributed by atoms with Crippen LogP contribution in [-0.2, 0) is 19.5 Å². The predicted molar refractivity (Wildman–Crippen MR) is 77.6 cm³/mol. The summed E-state index contributed by atoms with van der Waals surface area (Å²) in [5.74, 6) is -1.39. The van der Waals surface area contributed by atoms with Crippen molar-refractivity contribution >= 4 is 16.0 Å². The van der Waals surface area contributed by atoms with Crippen LogP contribution >= 0.6 is 0 Å². The molecule has 0 bridgehead atoms. The van der Waals surface area contributed by atoms with Crippen LogP contribution in [0.3, 0.4) is 0 Å². The van der Waals surface area contributed by atoms with Crippen molar-refractivity contribution in [1.82, 2.24) is 4.31 Å². The van der Waals surface area contributed by atoms with Crippen molar-refractivity contribution in [2.75, 3.05) is 26.3 Å². The normalized spacial score (nSPS) is 21.8.